The van der Waals surface area contributed by atoms with Gasteiger partial charge in [0, 0.05) is 26.6 Å². The van der Waals surface area contributed by atoms with Crippen LogP contribution in [0.15, 0.2) is 40.8 Å². The third kappa shape index (κ3) is 6.39. The molecule has 0 saturated carbocycles. The first-order valence-corrected chi connectivity index (χ1v) is 12.6. The number of hydrogen-bond acceptors (Lipinski definition) is 4. The van der Waals surface area contributed by atoms with E-state index in [1.54, 1.807) is 26.0 Å². The van der Waals surface area contributed by atoms with Gasteiger partial charge in [-0.25, -0.2) is 0 Å². The molecule has 0 aliphatic heterocycles. The molecule has 4 nitrogen and oxygen atoms in total. The minimum atomic E-state index is -2.61. The number of likely N-dealkylation sites (N-methyl/N-ethyl adjacent to an activating group) is 1. The summed E-state index contributed by atoms with van der Waals surface area (Å²) >= 11 is 4.02. The summed E-state index contributed by atoms with van der Waals surface area (Å²) in [4.78, 5) is 15.1. The Morgan fingerprint density at radius 3 is 2.41 bits per heavy atom. The Kier molecular flexibility index (Phi) is 8.91. The highest BCUT2D eigenvalue weighted by Crippen LogP contribution is 2.33. The third-order valence-electron chi connectivity index (χ3n) is 5.03. The summed E-state index contributed by atoms with van der Waals surface area (Å²) in [6.45, 7) is 1.37. The van der Waals surface area contributed by atoms with Crippen molar-refractivity contribution in [1.82, 2.24) is 4.90 Å². The molecule has 7 heteroatoms. The lowest BCUT2D eigenvalue weighted by atomic mass is 9.98. The van der Waals surface area contributed by atoms with Crippen molar-refractivity contribution in [3.63, 3.8) is 0 Å². The van der Waals surface area contributed by atoms with Gasteiger partial charge in [-0.3, -0.25) is 4.79 Å². The van der Waals surface area contributed by atoms with Crippen LogP contribution in [-0.4, -0.2) is 36.8 Å². The maximum absolute atomic E-state index is 13.7. The molecule has 0 bridgehead atoms. The zero-order valence-electron chi connectivity index (χ0n) is 22.3. The van der Waals surface area contributed by atoms with Crippen LogP contribution in [0, 0.1) is 7.14 Å². The van der Waals surface area contributed by atoms with Crippen LogP contribution in [0.2, 0.25) is 0 Å². The maximum atomic E-state index is 13.7. The Labute approximate surface area is 229 Å². The van der Waals surface area contributed by atoms with Gasteiger partial charge in [0.05, 0.1) is 15.4 Å². The van der Waals surface area contributed by atoms with Crippen LogP contribution in [0.4, 0.5) is 0 Å². The van der Waals surface area contributed by atoms with Crippen LogP contribution < -0.4 is 4.74 Å². The Bertz CT molecular complexity index is 1190. The molecule has 1 heterocycles. The number of ether oxygens (including phenoxy) is 1. The van der Waals surface area contributed by atoms with Gasteiger partial charge < -0.3 is 14.1 Å². The predicted molar refractivity (Wildman–Crippen MR) is 151 cm³/mol. The Hall–Kier alpha value is -0.840. The number of hydrogen-bond donors (Lipinski definition) is 0. The van der Waals surface area contributed by atoms with Gasteiger partial charge >= 0.3 is 0 Å². The van der Waals surface area contributed by atoms with Gasteiger partial charge in [-0.15, -0.1) is 12.4 Å². The molecule has 0 aliphatic rings. The summed E-state index contributed by atoms with van der Waals surface area (Å²) in [5, 5.41) is 0.776. The molecular formula is C25H30ClI2NO3. The smallest absolute Gasteiger partial charge is 0.197 e. The van der Waals surface area contributed by atoms with E-state index in [1.807, 2.05) is 69.4 Å². The van der Waals surface area contributed by atoms with Crippen molar-refractivity contribution < 1.29 is 19.4 Å². The highest BCUT2D eigenvalue weighted by Gasteiger charge is 2.23. The maximum Gasteiger partial charge on any atom is 0.197 e. The molecule has 174 valence electrons. The minimum Gasteiger partial charge on any atom is -0.490 e. The number of unbranched alkanes of at least 4 members (excludes halogenated alkanes) is 1. The van der Waals surface area contributed by atoms with E-state index < -0.39 is 13.1 Å². The van der Waals surface area contributed by atoms with Gasteiger partial charge in [-0.05, 0) is 82.9 Å². The summed E-state index contributed by atoms with van der Waals surface area (Å²) in [5.41, 5.74) is 1.68. The monoisotopic (exact) mass is 685 g/mol. The zero-order valence-corrected chi connectivity index (χ0v) is 23.5. The van der Waals surface area contributed by atoms with E-state index in [0.717, 1.165) is 18.2 Å². The van der Waals surface area contributed by atoms with Gasteiger partial charge in [0.25, 0.3) is 0 Å². The zero-order chi connectivity index (χ0) is 26.0. The quantitative estimate of drug-likeness (QED) is 0.156. The van der Waals surface area contributed by atoms with E-state index in [4.69, 9.17) is 14.6 Å². The van der Waals surface area contributed by atoms with E-state index in [2.05, 4.69) is 6.92 Å². The van der Waals surface area contributed by atoms with Crippen LogP contribution in [0.1, 0.15) is 60.8 Å². The van der Waals surface area contributed by atoms with Crippen molar-refractivity contribution >= 4 is 74.3 Å². The Balaban J connectivity index is 0.00000456. The number of benzene rings is 2. The van der Waals surface area contributed by atoms with Crippen LogP contribution in [0.3, 0.4) is 0 Å². The number of carbonyl (C=O) groups is 1. The number of ketones is 1. The molecule has 0 N–H and O–H groups in total. The molecule has 0 unspecified atom stereocenters. The molecule has 32 heavy (non-hydrogen) atoms. The van der Waals surface area contributed by atoms with E-state index in [9.17, 15) is 4.79 Å². The summed E-state index contributed by atoms with van der Waals surface area (Å²) < 4.78 is 46.2. The molecular weight excluding hydrogens is 652 g/mol. The predicted octanol–water partition coefficient (Wildman–Crippen LogP) is 7.36. The standard InChI is InChI=1S/C25H29I2NO3.ClH/c1-4-7-11-22-23(18-10-8-9-12-21(18)31-22)24(29)17-15-19(26)25(20(27)16-17)30-14-13-28(5-2)6-3;/h8-10,12,15-16H,4-7,11,13-14H2,1-3H3;1H/i13D2,14D2;. The first kappa shape index (κ1) is 21.7. The number of carbonyl (C=O) groups excluding carboxylic acids is 1. The molecule has 0 amide bonds. The fourth-order valence-electron chi connectivity index (χ4n) is 3.31. The lowest BCUT2D eigenvalue weighted by Gasteiger charge is -2.19. The van der Waals surface area contributed by atoms with E-state index in [1.165, 1.54) is 4.90 Å². The van der Waals surface area contributed by atoms with Crippen LogP contribution >= 0.6 is 57.6 Å². The SMILES string of the molecule is Cl.[2H]C([2H])(Oc1c(I)cc(C(=O)c2c(CCCC)oc3ccccc23)cc1I)C([2H])([2H])N(CC)CC. The molecule has 3 rings (SSSR count). The number of nitrogens with zero attached hydrogens (tertiary/aromatic N) is 1. The van der Waals surface area contributed by atoms with Crippen molar-refractivity contribution in [2.75, 3.05) is 26.1 Å². The van der Waals surface area contributed by atoms with Gasteiger partial charge in [0.15, 0.2) is 5.78 Å². The molecule has 1 aromatic heterocycles. The molecule has 3 aromatic rings. The van der Waals surface area contributed by atoms with E-state index in [-0.39, 0.29) is 23.9 Å². The molecule has 0 radical (unpaired) electrons. The second-order valence-electron chi connectivity index (χ2n) is 7.09. The van der Waals surface area contributed by atoms with Crippen molar-refractivity contribution in [3.8, 4) is 5.75 Å². The van der Waals surface area contributed by atoms with E-state index >= 15 is 0 Å². The van der Waals surface area contributed by atoms with Gasteiger partial charge in [0.2, 0.25) is 0 Å². The summed E-state index contributed by atoms with van der Waals surface area (Å²) in [5.74, 6) is 0.726. The summed E-state index contributed by atoms with van der Waals surface area (Å²) in [7, 11) is 0. The fraction of sp³-hybridized carbons (Fsp3) is 0.400. The second-order valence-corrected chi connectivity index (χ2v) is 9.41. The lowest BCUT2D eigenvalue weighted by Crippen LogP contribution is -2.28. The van der Waals surface area contributed by atoms with Crippen LogP contribution in [0.5, 0.6) is 5.75 Å². The highest BCUT2D eigenvalue weighted by molar-refractivity contribution is 14.1. The number of rotatable bonds is 11. The summed E-state index contributed by atoms with van der Waals surface area (Å²) in [6, 6.07) is 10.8. The van der Waals surface area contributed by atoms with Crippen LogP contribution in [0.25, 0.3) is 11.0 Å². The second kappa shape index (κ2) is 13.2. The normalized spacial score (nSPS) is 13.8. The minimum absolute atomic E-state index is 0. The molecule has 0 aliphatic carbocycles. The average molecular weight is 686 g/mol. The molecule has 2 aromatic carbocycles. The van der Waals surface area contributed by atoms with E-state index in [0.29, 0.717) is 49.1 Å². The van der Waals surface area contributed by atoms with Gasteiger partial charge in [-0.1, -0.05) is 45.4 Å². The first-order valence-electron chi connectivity index (χ1n) is 12.5. The van der Waals surface area contributed by atoms with Crippen LogP contribution in [-0.2, 0) is 6.42 Å². The van der Waals surface area contributed by atoms with Crippen molar-refractivity contribution in [3.05, 3.63) is 60.4 Å². The number of fused-ring (bicyclic) bond motifs is 1. The molecule has 0 saturated heterocycles. The number of furan rings is 1. The fourth-order valence-corrected chi connectivity index (χ4v) is 5.30. The molecule has 0 atom stereocenters. The average Bonchev–Trinajstić information content (AvgIpc) is 3.18. The van der Waals surface area contributed by atoms with Gasteiger partial charge in [0.1, 0.15) is 23.7 Å². The number of halogens is 3. The molecule has 0 spiro atoms. The highest BCUT2D eigenvalue weighted by atomic mass is 127. The summed E-state index contributed by atoms with van der Waals surface area (Å²) in [6.07, 6.45) is 2.56. The Morgan fingerprint density at radius 1 is 1.12 bits per heavy atom. The largest absolute Gasteiger partial charge is 0.490 e. The lowest BCUT2D eigenvalue weighted by molar-refractivity contribution is 0.103. The topological polar surface area (TPSA) is 42.7 Å². The third-order valence-corrected chi connectivity index (χ3v) is 6.64. The van der Waals surface area contributed by atoms with Crippen molar-refractivity contribution in [2.24, 2.45) is 0 Å². The number of para-hydroxylation sites is 1. The van der Waals surface area contributed by atoms with Gasteiger partial charge in [-0.2, -0.15) is 0 Å². The Morgan fingerprint density at radius 2 is 1.78 bits per heavy atom. The molecule has 0 fully saturated rings. The number of aryl methyl sites for hydroxylation is 1. The van der Waals surface area contributed by atoms with Crippen molar-refractivity contribution in [2.45, 2.75) is 40.0 Å². The first-order chi connectivity index (χ1) is 16.5. The van der Waals surface area contributed by atoms with Crippen molar-refractivity contribution in [1.29, 1.82) is 0 Å².